The Hall–Kier alpha value is -3.67. The zero-order valence-corrected chi connectivity index (χ0v) is 32.7. The second-order valence-corrected chi connectivity index (χ2v) is 13.6. The number of hydrogen-bond acceptors (Lipinski definition) is 16. The van der Waals surface area contributed by atoms with Crippen molar-refractivity contribution in [1.82, 2.24) is 0 Å². The van der Waals surface area contributed by atoms with E-state index < -0.39 is 97.9 Å². The number of unbranched alkanes of at least 4 members (excludes halogenated alkanes) is 7. The van der Waals surface area contributed by atoms with Crippen LogP contribution in [0.5, 0.6) is 0 Å². The molecule has 0 bridgehead atoms. The quantitative estimate of drug-likeness (QED) is 0.101. The predicted octanol–water partition coefficient (Wildman–Crippen LogP) is 3.85. The fourth-order valence-corrected chi connectivity index (χ4v) is 6.39. The lowest BCUT2D eigenvalue weighted by Crippen LogP contribution is -2.67. The molecule has 0 spiro atoms. The van der Waals surface area contributed by atoms with Crippen LogP contribution in [0.25, 0.3) is 0 Å². The lowest BCUT2D eigenvalue weighted by molar-refractivity contribution is -0.361. The highest BCUT2D eigenvalue weighted by Gasteiger charge is 2.56. The van der Waals surface area contributed by atoms with E-state index in [9.17, 15) is 29.1 Å². The Kier molecular flexibility index (Phi) is 20.0. The Morgan fingerprint density at radius 1 is 0.600 bits per heavy atom. The highest BCUT2D eigenvalue weighted by Crippen LogP contribution is 2.35. The summed E-state index contributed by atoms with van der Waals surface area (Å²) in [6.07, 6.45) is -5.91. The Morgan fingerprint density at radius 3 is 1.71 bits per heavy atom. The molecule has 3 rings (SSSR count). The van der Waals surface area contributed by atoms with Crippen molar-refractivity contribution in [3.05, 3.63) is 35.9 Å². The fraction of sp³-hybridized carbons (Fsp3) is 0.718. The van der Waals surface area contributed by atoms with E-state index >= 15 is 0 Å². The molecule has 16 heteroatoms. The van der Waals surface area contributed by atoms with E-state index in [0.29, 0.717) is 6.42 Å². The van der Waals surface area contributed by atoms with E-state index in [-0.39, 0.29) is 19.8 Å². The first-order valence-electron chi connectivity index (χ1n) is 19.0. The van der Waals surface area contributed by atoms with Crippen molar-refractivity contribution >= 4 is 29.8 Å². The van der Waals surface area contributed by atoms with Gasteiger partial charge in [0.15, 0.2) is 37.0 Å². The van der Waals surface area contributed by atoms with Gasteiger partial charge in [-0.25, -0.2) is 0 Å². The zero-order valence-electron chi connectivity index (χ0n) is 32.7. The summed E-state index contributed by atoms with van der Waals surface area (Å²) in [7, 11) is 0. The van der Waals surface area contributed by atoms with E-state index in [1.807, 2.05) is 30.3 Å². The van der Waals surface area contributed by atoms with Gasteiger partial charge in [-0.2, -0.15) is 0 Å². The molecular formula is C39H58O16. The van der Waals surface area contributed by atoms with E-state index in [1.54, 1.807) is 0 Å². The first-order valence-corrected chi connectivity index (χ1v) is 19.0. The molecule has 55 heavy (non-hydrogen) atoms. The number of carbonyl (C=O) groups is 5. The van der Waals surface area contributed by atoms with Crippen LogP contribution in [0.3, 0.4) is 0 Å². The molecule has 2 fully saturated rings. The van der Waals surface area contributed by atoms with Gasteiger partial charge < -0.3 is 52.5 Å². The van der Waals surface area contributed by atoms with Gasteiger partial charge >= 0.3 is 29.8 Å². The van der Waals surface area contributed by atoms with Crippen LogP contribution in [0.4, 0.5) is 0 Å². The molecule has 2 aliphatic heterocycles. The maximum Gasteiger partial charge on any atom is 0.303 e. The van der Waals surface area contributed by atoms with Crippen LogP contribution in [-0.2, 0) is 77.9 Å². The molecule has 310 valence electrons. The number of aliphatic hydroxyl groups is 1. The van der Waals surface area contributed by atoms with Crippen molar-refractivity contribution in [1.29, 1.82) is 0 Å². The molecule has 1 N–H and O–H groups in total. The minimum Gasteiger partial charge on any atom is -0.463 e. The van der Waals surface area contributed by atoms with Crippen LogP contribution in [-0.4, -0.2) is 116 Å². The molecule has 2 saturated heterocycles. The average molecular weight is 783 g/mol. The van der Waals surface area contributed by atoms with E-state index in [4.69, 9.17) is 47.4 Å². The number of benzene rings is 1. The zero-order chi connectivity index (χ0) is 40.3. The molecule has 0 aliphatic carbocycles. The van der Waals surface area contributed by atoms with Gasteiger partial charge in [-0.05, 0) is 12.0 Å². The van der Waals surface area contributed by atoms with Crippen LogP contribution >= 0.6 is 0 Å². The number of hydrogen-bond donors (Lipinski definition) is 1. The third-order valence-electron chi connectivity index (χ3n) is 8.83. The van der Waals surface area contributed by atoms with Gasteiger partial charge in [-0.15, -0.1) is 0 Å². The lowest BCUT2D eigenvalue weighted by Gasteiger charge is -2.48. The average Bonchev–Trinajstić information content (AvgIpc) is 3.11. The van der Waals surface area contributed by atoms with Crippen molar-refractivity contribution in [3.63, 3.8) is 0 Å². The minimum absolute atomic E-state index is 0.143. The van der Waals surface area contributed by atoms with Crippen molar-refractivity contribution in [2.45, 2.75) is 161 Å². The fourth-order valence-electron chi connectivity index (χ4n) is 6.39. The van der Waals surface area contributed by atoms with Crippen LogP contribution < -0.4 is 0 Å². The normalized spacial score (nSPS) is 27.8. The summed E-state index contributed by atoms with van der Waals surface area (Å²) in [4.78, 5) is 61.7. The van der Waals surface area contributed by atoms with Gasteiger partial charge in [0, 0.05) is 41.2 Å². The van der Waals surface area contributed by atoms with Crippen LogP contribution in [0.1, 0.15) is 98.5 Å². The molecule has 2 heterocycles. The van der Waals surface area contributed by atoms with Crippen molar-refractivity contribution < 1.29 is 76.4 Å². The van der Waals surface area contributed by atoms with Crippen molar-refractivity contribution in [3.8, 4) is 0 Å². The highest BCUT2D eigenvalue weighted by atomic mass is 16.8. The minimum atomic E-state index is -1.64. The summed E-state index contributed by atoms with van der Waals surface area (Å²) >= 11 is 0. The molecule has 0 saturated carbocycles. The number of ether oxygens (including phenoxy) is 10. The van der Waals surface area contributed by atoms with E-state index in [1.165, 1.54) is 26.2 Å². The summed E-state index contributed by atoms with van der Waals surface area (Å²) in [6.45, 7) is 7.56. The Bertz CT molecular complexity index is 1340. The number of rotatable bonds is 22. The molecule has 2 aliphatic rings. The molecule has 1 aromatic rings. The molecule has 0 amide bonds. The lowest BCUT2D eigenvalue weighted by atomic mass is 9.96. The molecule has 1 aromatic carbocycles. The third kappa shape index (κ3) is 15.8. The van der Waals surface area contributed by atoms with Gasteiger partial charge in [-0.3, -0.25) is 24.0 Å². The largest absolute Gasteiger partial charge is 0.463 e. The topological polar surface area (TPSA) is 198 Å². The molecular weight excluding hydrogens is 724 g/mol. The Balaban J connectivity index is 1.93. The summed E-state index contributed by atoms with van der Waals surface area (Å²) in [5, 5.41) is 11.4. The smallest absolute Gasteiger partial charge is 0.303 e. The summed E-state index contributed by atoms with van der Waals surface area (Å²) < 4.78 is 58.4. The monoisotopic (exact) mass is 782 g/mol. The second kappa shape index (κ2) is 24.1. The first kappa shape index (κ1) is 45.7. The number of carbonyl (C=O) groups excluding carboxylic acids is 5. The van der Waals surface area contributed by atoms with Crippen LogP contribution in [0.2, 0.25) is 0 Å². The summed E-state index contributed by atoms with van der Waals surface area (Å²) in [6, 6.07) is 9.21. The first-order chi connectivity index (χ1) is 26.3. The van der Waals surface area contributed by atoms with Gasteiger partial charge in [0.25, 0.3) is 0 Å². The highest BCUT2D eigenvalue weighted by molar-refractivity contribution is 5.68. The second-order valence-electron chi connectivity index (χ2n) is 13.6. The van der Waals surface area contributed by atoms with Crippen molar-refractivity contribution in [2.75, 3.05) is 19.8 Å². The van der Waals surface area contributed by atoms with Crippen LogP contribution in [0, 0.1) is 0 Å². The SMILES string of the molecule is CCCCCCCCCCO[C@@H]1O[C@H](COC(C)=O)[C@@H](O[C@H]2O[C@H](COCc3ccccc3)[C@@H](O)[C@H](OC(C)=O)[C@H]2OC(C)=O)[C@H](OC(C)=O)[C@H]1OC(C)=O. The number of esters is 5. The van der Waals surface area contributed by atoms with E-state index in [2.05, 4.69) is 6.92 Å². The maximum absolute atomic E-state index is 12.6. The van der Waals surface area contributed by atoms with Gasteiger partial charge in [-0.1, -0.05) is 82.2 Å². The molecule has 10 atom stereocenters. The van der Waals surface area contributed by atoms with Gasteiger partial charge in [0.05, 0.1) is 13.2 Å². The Labute approximate surface area is 322 Å². The van der Waals surface area contributed by atoms with Crippen molar-refractivity contribution in [2.24, 2.45) is 0 Å². The molecule has 16 nitrogen and oxygen atoms in total. The standard InChI is InChI=1S/C39H58O16/c1-7-8-9-10-11-12-13-17-20-47-38-37(52-28(6)44)35(50-26(4)42)33(31(54-38)23-48-24(2)40)55-39-36(51-27(5)43)34(49-25(3)41)32(45)30(53-39)22-46-21-29-18-15-14-16-19-29/h14-16,18-19,30-39,45H,7-13,17,20-23H2,1-6H3/t30-,31-,32-,33-,34+,35+,36-,37-,38-,39-/m1/s1. The maximum atomic E-state index is 12.6. The van der Waals surface area contributed by atoms with Gasteiger partial charge in [0.2, 0.25) is 0 Å². The molecule has 0 radical (unpaired) electrons. The molecule has 0 aromatic heterocycles. The van der Waals surface area contributed by atoms with E-state index in [0.717, 1.165) is 58.9 Å². The molecule has 0 unspecified atom stereocenters. The summed E-state index contributed by atoms with van der Waals surface area (Å²) in [5.74, 6) is -3.82. The summed E-state index contributed by atoms with van der Waals surface area (Å²) in [5.41, 5.74) is 0.836. The third-order valence-corrected chi connectivity index (χ3v) is 8.83. The number of aliphatic hydroxyl groups excluding tert-OH is 1. The van der Waals surface area contributed by atoms with Crippen LogP contribution in [0.15, 0.2) is 30.3 Å². The predicted molar refractivity (Wildman–Crippen MR) is 192 cm³/mol. The Morgan fingerprint density at radius 2 is 1.13 bits per heavy atom. The van der Waals surface area contributed by atoms with Gasteiger partial charge in [0.1, 0.15) is 31.0 Å².